The lowest BCUT2D eigenvalue weighted by Gasteiger charge is -2.16. The van der Waals surface area contributed by atoms with Crippen LogP contribution in [-0.2, 0) is 19.0 Å². The van der Waals surface area contributed by atoms with Crippen molar-refractivity contribution >= 4 is 84.9 Å². The van der Waals surface area contributed by atoms with E-state index >= 15 is 0 Å². The number of ether oxygens (including phenoxy) is 3. The molecule has 3 fully saturated rings. The van der Waals surface area contributed by atoms with Gasteiger partial charge < -0.3 is 60.5 Å². The Labute approximate surface area is 501 Å². The lowest BCUT2D eigenvalue weighted by Crippen LogP contribution is -2.24. The predicted octanol–water partition coefficient (Wildman–Crippen LogP) is 3.72. The number of aromatic amines is 1. The average molecular weight is 1330 g/mol. The molecule has 5 unspecified atom stereocenters. The maximum absolute atomic E-state index is 12.3. The highest BCUT2D eigenvalue weighted by molar-refractivity contribution is 14.1. The van der Waals surface area contributed by atoms with Crippen molar-refractivity contribution in [1.82, 2.24) is 58.6 Å². The van der Waals surface area contributed by atoms with E-state index in [1.54, 1.807) is 33.0 Å². The second-order valence-electron chi connectivity index (χ2n) is 19.9. The minimum Gasteiger partial charge on any atom is -0.394 e. The van der Waals surface area contributed by atoms with Crippen molar-refractivity contribution in [1.29, 1.82) is 0 Å². The highest BCUT2D eigenvalue weighted by atomic mass is 127. The first-order valence-corrected chi connectivity index (χ1v) is 27.6. The number of nitrogens with one attached hydrogen (secondary N) is 3. The minimum atomic E-state index is -4.92. The average Bonchev–Trinajstić information content (AvgIpc) is 1.93. The van der Waals surface area contributed by atoms with Crippen molar-refractivity contribution in [3.63, 3.8) is 0 Å². The molecule has 8 aromatic rings. The van der Waals surface area contributed by atoms with E-state index in [-0.39, 0.29) is 72.1 Å². The number of nitro benzene ring substituents is 2. The van der Waals surface area contributed by atoms with E-state index in [2.05, 4.69) is 67.3 Å². The third-order valence-corrected chi connectivity index (χ3v) is 14.9. The lowest BCUT2D eigenvalue weighted by atomic mass is 10.0. The predicted molar refractivity (Wildman–Crippen MR) is 304 cm³/mol. The SMILES string of the molecule is CC(Nc1ncnc2c1ncn2[C@H]1CC(O)[C@@H](CO)O1)c1ccc(C#CCCC(=O)C(F)(F)F)cc1[N+](=O)[O-].CC(Nc1ncnc2c1ncn2[C@H]1CC(O)[C@@H](CO)O1)c1ccc(I)cc1[N+](=O)[O-].O=c1[nH]cnc2c1ncn2[C@H]1CC(O)[C@@H](CO)O1. The maximum atomic E-state index is 12.3. The smallest absolute Gasteiger partial charge is 0.394 e. The summed E-state index contributed by atoms with van der Waals surface area (Å²) in [5, 5.41) is 86.9. The van der Waals surface area contributed by atoms with Crippen LogP contribution in [0.15, 0.2) is 79.2 Å². The number of carbonyl (C=O) groups is 1. The summed E-state index contributed by atoms with van der Waals surface area (Å²) >= 11 is 2.04. The largest absolute Gasteiger partial charge is 0.450 e. The molecule has 460 valence electrons. The van der Waals surface area contributed by atoms with Crippen molar-refractivity contribution in [2.24, 2.45) is 0 Å². The molecule has 0 spiro atoms. The quantitative estimate of drug-likeness (QED) is 0.0288. The van der Waals surface area contributed by atoms with Crippen LogP contribution in [0.25, 0.3) is 33.5 Å². The van der Waals surface area contributed by atoms with Crippen LogP contribution in [0.5, 0.6) is 0 Å². The Balaban J connectivity index is 0.000000166. The van der Waals surface area contributed by atoms with E-state index in [9.17, 15) is 68.5 Å². The Morgan fingerprint density at radius 1 is 0.701 bits per heavy atom. The molecule has 0 bridgehead atoms. The molecule has 11 atom stereocenters. The fraction of sp³-hybridized carbons (Fsp3) is 0.423. The Kier molecular flexibility index (Phi) is 19.7. The number of anilines is 2. The molecule has 3 saturated heterocycles. The Morgan fingerprint density at radius 3 is 1.57 bits per heavy atom. The van der Waals surface area contributed by atoms with Gasteiger partial charge in [0.1, 0.15) is 49.7 Å². The van der Waals surface area contributed by atoms with Crippen LogP contribution in [0.2, 0.25) is 0 Å². The van der Waals surface area contributed by atoms with Crippen molar-refractivity contribution < 1.29 is 72.7 Å². The fourth-order valence-corrected chi connectivity index (χ4v) is 10.3. The standard InChI is InChI=1S/C24H23F3N6O6.C18H19IN6O5.C10H12N4O4/c1-13(15-7-6-14(8-16(15)33(37)38)4-2-3-5-19(36)24(25,26)27)31-22-21-23(29-11-28-22)32(12-30-21)20-9-17(35)18(10-34)39-20;1-9(11-3-2-10(19)4-12(11)25(28)29)23-17-16-18(21-7-20-17)24(8-22-16)15-5-13(27)14(6-26)30-15;15-2-6-5(16)1-7(18-6)14-4-13-8-9(14)11-3-12-10(8)17/h6-8,11-13,17-18,20,34-35H,3,5,9-10H2,1H3,(H,28,29,31);2-4,7-9,13-15,26-27H,5-6H2,1H3,(H,20,21,23);3-7,15-16H,1-2H2,(H,11,12,17)/t13?,17?,18-,20-;9?,13?,14-,15-;5?,6-,7-/m111/s1. The number of nitro groups is 2. The number of halogens is 4. The number of fused-ring (bicyclic) bond motifs is 3. The number of H-pyrrole nitrogens is 1. The van der Waals surface area contributed by atoms with Crippen molar-refractivity contribution in [2.75, 3.05) is 30.5 Å². The molecular formula is C52H54F3IN16O15. The number of imidazole rings is 3. The van der Waals surface area contributed by atoms with Gasteiger partial charge >= 0.3 is 6.18 Å². The van der Waals surface area contributed by atoms with Crippen molar-refractivity contribution in [3.8, 4) is 11.8 Å². The summed E-state index contributed by atoms with van der Waals surface area (Å²) in [5.41, 5.74) is 2.79. The zero-order valence-electron chi connectivity index (χ0n) is 45.6. The summed E-state index contributed by atoms with van der Waals surface area (Å²) in [5.74, 6) is 3.82. The first-order valence-electron chi connectivity index (χ1n) is 26.5. The summed E-state index contributed by atoms with van der Waals surface area (Å²) in [6, 6.07) is 8.18. The fourth-order valence-electron chi connectivity index (χ4n) is 9.80. The third kappa shape index (κ3) is 14.1. The summed E-state index contributed by atoms with van der Waals surface area (Å²) in [4.78, 5) is 80.8. The molecule has 3 aliphatic heterocycles. The molecule has 87 heavy (non-hydrogen) atoms. The number of carbonyl (C=O) groups excluding carboxylic acids is 1. The minimum absolute atomic E-state index is 0.0288. The summed E-state index contributed by atoms with van der Waals surface area (Å²) in [7, 11) is 0. The number of ketones is 1. The summed E-state index contributed by atoms with van der Waals surface area (Å²) in [6.45, 7) is 2.60. The van der Waals surface area contributed by atoms with Gasteiger partial charge in [0.25, 0.3) is 16.9 Å². The first kappa shape index (κ1) is 63.2. The maximum Gasteiger partial charge on any atom is 0.450 e. The number of aliphatic hydroxyl groups is 6. The summed E-state index contributed by atoms with van der Waals surface area (Å²) < 4.78 is 59.4. The highest BCUT2D eigenvalue weighted by Crippen LogP contribution is 2.37. The van der Waals surface area contributed by atoms with Crippen LogP contribution in [0.1, 0.15) is 93.4 Å². The van der Waals surface area contributed by atoms with Crippen molar-refractivity contribution in [3.05, 3.63) is 125 Å². The third-order valence-electron chi connectivity index (χ3n) is 14.2. The molecule has 35 heteroatoms. The first-order chi connectivity index (χ1) is 41.6. The Morgan fingerprint density at radius 2 is 1.14 bits per heavy atom. The molecule has 9 heterocycles. The number of hydrogen-bond donors (Lipinski definition) is 9. The van der Waals surface area contributed by atoms with Gasteiger partial charge in [0.05, 0.1) is 96.5 Å². The second kappa shape index (κ2) is 27.2. The van der Waals surface area contributed by atoms with Crippen LogP contribution < -0.4 is 16.2 Å². The van der Waals surface area contributed by atoms with E-state index in [1.165, 1.54) is 55.9 Å². The normalized spacial score (nSPS) is 22.4. The zero-order chi connectivity index (χ0) is 62.4. The molecule has 0 saturated carbocycles. The van der Waals surface area contributed by atoms with Crippen molar-refractivity contribution in [2.45, 2.75) is 120 Å². The number of aromatic nitrogens is 12. The van der Waals surface area contributed by atoms with Crippen LogP contribution in [0, 0.1) is 35.6 Å². The monoisotopic (exact) mass is 1330 g/mol. The number of alkyl halides is 3. The van der Waals surface area contributed by atoms with Gasteiger partial charge in [0.15, 0.2) is 45.1 Å². The van der Waals surface area contributed by atoms with Gasteiger partial charge in [-0.2, -0.15) is 13.2 Å². The molecule has 3 aliphatic rings. The molecule has 9 N–H and O–H groups in total. The molecular weight excluding hydrogens is 1270 g/mol. The summed E-state index contributed by atoms with van der Waals surface area (Å²) in [6.07, 6.45) is -2.80. The van der Waals surface area contributed by atoms with E-state index in [0.717, 1.165) is 3.57 Å². The number of aliphatic hydroxyl groups excluding tert-OH is 6. The molecule has 11 rings (SSSR count). The number of rotatable bonds is 16. The highest BCUT2D eigenvalue weighted by Gasteiger charge is 2.39. The van der Waals surface area contributed by atoms with Gasteiger partial charge in [0.2, 0.25) is 5.78 Å². The molecule has 0 aliphatic carbocycles. The van der Waals surface area contributed by atoms with E-state index < -0.39 is 95.6 Å². The number of benzene rings is 2. The van der Waals surface area contributed by atoms with Crippen LogP contribution in [-0.4, -0.2) is 167 Å². The van der Waals surface area contributed by atoms with Gasteiger partial charge in [-0.15, -0.1) is 0 Å². The number of Topliss-reactive ketones (excluding diaryl/α,β-unsaturated/α-hetero) is 1. The van der Waals surface area contributed by atoms with Gasteiger partial charge in [-0.25, -0.2) is 39.9 Å². The van der Waals surface area contributed by atoms with Crippen LogP contribution in [0.3, 0.4) is 0 Å². The van der Waals surface area contributed by atoms with E-state index in [0.29, 0.717) is 52.2 Å². The molecule has 2 aromatic carbocycles. The van der Waals surface area contributed by atoms with Crippen LogP contribution >= 0.6 is 22.6 Å². The van der Waals surface area contributed by atoms with Gasteiger partial charge in [0, 0.05) is 53.4 Å². The Bertz CT molecular complexity index is 3930. The molecule has 31 nitrogen and oxygen atoms in total. The van der Waals surface area contributed by atoms with Gasteiger partial charge in [-0.05, 0) is 60.7 Å². The lowest BCUT2D eigenvalue weighted by molar-refractivity contribution is -0.385. The van der Waals surface area contributed by atoms with E-state index in [4.69, 9.17) is 19.3 Å². The molecule has 6 aromatic heterocycles. The second-order valence-corrected chi connectivity index (χ2v) is 21.2. The van der Waals surface area contributed by atoms with E-state index in [1.807, 2.05) is 35.6 Å². The molecule has 0 amide bonds. The van der Waals surface area contributed by atoms with Gasteiger partial charge in [-0.1, -0.05) is 11.8 Å². The number of nitrogens with zero attached hydrogens (tertiary/aromatic N) is 13. The zero-order valence-corrected chi connectivity index (χ0v) is 47.8. The Hall–Kier alpha value is -8.32. The number of hydrogen-bond acceptors (Lipinski definition) is 25. The van der Waals surface area contributed by atoms with Gasteiger partial charge in [-0.3, -0.25) is 43.5 Å². The van der Waals surface area contributed by atoms with Crippen LogP contribution in [0.4, 0.5) is 36.2 Å². The topological polar surface area (TPSA) is 427 Å². The molecule has 0 radical (unpaired) electrons.